The zero-order valence-corrected chi connectivity index (χ0v) is 15.7. The van der Waals surface area contributed by atoms with Crippen LogP contribution in [0.5, 0.6) is 5.75 Å². The van der Waals surface area contributed by atoms with Crippen molar-refractivity contribution >= 4 is 56.5 Å². The minimum atomic E-state index is -1.07. The van der Waals surface area contributed by atoms with Crippen LogP contribution in [0, 0.1) is 0 Å². The fraction of sp³-hybridized carbons (Fsp3) is 0.0556. The Labute approximate surface area is 162 Å². The number of carbonyl (C=O) groups excluding carboxylic acids is 1. The lowest BCUT2D eigenvalue weighted by Crippen LogP contribution is -2.19. The number of hydrogen-bond donors (Lipinski definition) is 2. The maximum absolute atomic E-state index is 12.2. The molecule has 0 spiro atoms. The third kappa shape index (κ3) is 4.74. The molecule has 1 aliphatic heterocycles. The third-order valence-corrected chi connectivity index (χ3v) is 4.70. The van der Waals surface area contributed by atoms with E-state index < -0.39 is 12.6 Å². The predicted octanol–water partition coefficient (Wildman–Crippen LogP) is 3.80. The van der Waals surface area contributed by atoms with Crippen LogP contribution in [0.25, 0.3) is 6.08 Å². The van der Waals surface area contributed by atoms with Crippen LogP contribution >= 0.6 is 27.7 Å². The van der Waals surface area contributed by atoms with E-state index in [1.807, 2.05) is 24.3 Å². The number of aliphatic imine (C=N–C) groups is 1. The van der Waals surface area contributed by atoms with Gasteiger partial charge in [0.25, 0.3) is 5.91 Å². The predicted molar refractivity (Wildman–Crippen MR) is 105 cm³/mol. The van der Waals surface area contributed by atoms with Crippen LogP contribution < -0.4 is 10.1 Å². The molecule has 2 aromatic carbocycles. The Bertz CT molecular complexity index is 910. The molecule has 0 atom stereocenters. The molecule has 0 bridgehead atoms. The highest BCUT2D eigenvalue weighted by molar-refractivity contribution is 9.10. The Balaban J connectivity index is 1.81. The number of nitrogens with zero attached hydrogens (tertiary/aromatic N) is 1. The summed E-state index contributed by atoms with van der Waals surface area (Å²) in [6.07, 6.45) is 1.65. The minimum absolute atomic E-state index is 0.265. The van der Waals surface area contributed by atoms with E-state index in [4.69, 9.17) is 9.84 Å². The van der Waals surface area contributed by atoms with Gasteiger partial charge >= 0.3 is 5.97 Å². The van der Waals surface area contributed by atoms with Gasteiger partial charge in [0.1, 0.15) is 5.75 Å². The Kier molecular flexibility index (Phi) is 5.75. The summed E-state index contributed by atoms with van der Waals surface area (Å²) >= 11 is 4.57. The molecule has 0 aliphatic carbocycles. The maximum Gasteiger partial charge on any atom is 0.341 e. The summed E-state index contributed by atoms with van der Waals surface area (Å²) in [5.74, 6) is -0.933. The fourth-order valence-electron chi connectivity index (χ4n) is 2.13. The largest absolute Gasteiger partial charge is 0.481 e. The van der Waals surface area contributed by atoms with Gasteiger partial charge in [-0.15, -0.1) is 0 Å². The number of rotatable bonds is 5. The molecule has 6 nitrogen and oxygen atoms in total. The number of hydrogen-bond acceptors (Lipinski definition) is 5. The van der Waals surface area contributed by atoms with E-state index in [2.05, 4.69) is 26.2 Å². The molecule has 1 saturated heterocycles. The molecule has 8 heteroatoms. The van der Waals surface area contributed by atoms with Crippen LogP contribution in [0.3, 0.4) is 0 Å². The van der Waals surface area contributed by atoms with E-state index in [0.717, 1.165) is 10.2 Å². The van der Waals surface area contributed by atoms with Crippen LogP contribution in [0.1, 0.15) is 5.56 Å². The second-order valence-electron chi connectivity index (χ2n) is 5.18. The first-order chi connectivity index (χ1) is 12.5. The van der Waals surface area contributed by atoms with Gasteiger partial charge in [-0.3, -0.25) is 4.79 Å². The van der Waals surface area contributed by atoms with Gasteiger partial charge in [-0.2, -0.15) is 0 Å². The smallest absolute Gasteiger partial charge is 0.341 e. The highest BCUT2D eigenvalue weighted by Gasteiger charge is 2.24. The van der Waals surface area contributed by atoms with Crippen molar-refractivity contribution in [3.8, 4) is 5.75 Å². The normalized spacial score (nSPS) is 16.7. The van der Waals surface area contributed by atoms with Crippen LogP contribution in [-0.2, 0) is 9.59 Å². The number of thioether (sulfide) groups is 1. The van der Waals surface area contributed by atoms with Gasteiger partial charge in [0, 0.05) is 10.0 Å². The number of benzene rings is 2. The summed E-state index contributed by atoms with van der Waals surface area (Å²) in [5.41, 5.74) is 1.35. The Morgan fingerprint density at radius 3 is 2.69 bits per heavy atom. The van der Waals surface area contributed by atoms with E-state index in [1.54, 1.807) is 30.3 Å². The van der Waals surface area contributed by atoms with Crippen molar-refractivity contribution in [1.82, 2.24) is 5.32 Å². The van der Waals surface area contributed by atoms with Crippen molar-refractivity contribution < 1.29 is 19.4 Å². The summed E-state index contributed by atoms with van der Waals surface area (Å²) in [5, 5.41) is 12.0. The molecule has 1 amide bonds. The third-order valence-electron chi connectivity index (χ3n) is 3.26. The first-order valence-electron chi connectivity index (χ1n) is 7.50. The summed E-state index contributed by atoms with van der Waals surface area (Å²) in [7, 11) is 0. The van der Waals surface area contributed by atoms with Crippen LogP contribution in [0.4, 0.5) is 5.69 Å². The van der Waals surface area contributed by atoms with Crippen molar-refractivity contribution in [2.24, 2.45) is 4.99 Å². The Hall–Kier alpha value is -2.58. The summed E-state index contributed by atoms with van der Waals surface area (Å²) in [6.45, 7) is -0.449. The Morgan fingerprint density at radius 1 is 1.23 bits per heavy atom. The number of aliphatic carboxylic acids is 1. The van der Waals surface area contributed by atoms with Crippen LogP contribution in [0.2, 0.25) is 0 Å². The number of amides is 1. The topological polar surface area (TPSA) is 88.0 Å². The molecule has 2 aromatic rings. The summed E-state index contributed by atoms with van der Waals surface area (Å²) in [4.78, 5) is 27.7. The van der Waals surface area contributed by atoms with Gasteiger partial charge in [-0.25, -0.2) is 9.79 Å². The van der Waals surface area contributed by atoms with Gasteiger partial charge in [0.05, 0.1) is 10.6 Å². The zero-order valence-electron chi connectivity index (χ0n) is 13.3. The number of carbonyl (C=O) groups is 2. The lowest BCUT2D eigenvalue weighted by atomic mass is 10.2. The molecule has 0 unspecified atom stereocenters. The van der Waals surface area contributed by atoms with Crippen molar-refractivity contribution in [3.05, 3.63) is 63.5 Å². The van der Waals surface area contributed by atoms with E-state index in [9.17, 15) is 9.59 Å². The molecule has 1 heterocycles. The molecular formula is C18H13BrN2O4S. The maximum atomic E-state index is 12.2. The highest BCUT2D eigenvalue weighted by atomic mass is 79.9. The molecule has 0 aromatic heterocycles. The molecule has 132 valence electrons. The van der Waals surface area contributed by atoms with Gasteiger partial charge in [-0.05, 0) is 48.2 Å². The SMILES string of the molecule is O=C(O)COc1ccccc1/C=C1\SC(=Nc2ccc(Br)cc2)NC1=O. The van der Waals surface area contributed by atoms with Crippen LogP contribution in [0.15, 0.2) is 62.9 Å². The van der Waals surface area contributed by atoms with Crippen LogP contribution in [-0.4, -0.2) is 28.8 Å². The number of ether oxygens (including phenoxy) is 1. The van der Waals surface area contributed by atoms with E-state index in [-0.39, 0.29) is 5.91 Å². The first kappa shape index (κ1) is 18.2. The zero-order chi connectivity index (χ0) is 18.5. The molecule has 2 N–H and O–H groups in total. The molecule has 1 aliphatic rings. The number of halogens is 1. The minimum Gasteiger partial charge on any atom is -0.481 e. The molecular weight excluding hydrogens is 420 g/mol. The highest BCUT2D eigenvalue weighted by Crippen LogP contribution is 2.30. The number of para-hydroxylation sites is 1. The summed E-state index contributed by atoms with van der Waals surface area (Å²) in [6, 6.07) is 14.3. The molecule has 0 radical (unpaired) electrons. The number of nitrogens with one attached hydrogen (secondary N) is 1. The number of carboxylic acid groups (broad SMARTS) is 1. The molecule has 3 rings (SSSR count). The monoisotopic (exact) mass is 432 g/mol. The van der Waals surface area contributed by atoms with Crippen molar-refractivity contribution in [2.45, 2.75) is 0 Å². The molecule has 1 fully saturated rings. The fourth-order valence-corrected chi connectivity index (χ4v) is 3.22. The van der Waals surface area contributed by atoms with E-state index >= 15 is 0 Å². The van der Waals surface area contributed by atoms with Gasteiger partial charge in [-0.1, -0.05) is 34.1 Å². The molecule has 26 heavy (non-hydrogen) atoms. The van der Waals surface area contributed by atoms with Crippen molar-refractivity contribution in [2.75, 3.05) is 6.61 Å². The lowest BCUT2D eigenvalue weighted by molar-refractivity contribution is -0.139. The van der Waals surface area contributed by atoms with Crippen molar-refractivity contribution in [3.63, 3.8) is 0 Å². The van der Waals surface area contributed by atoms with Gasteiger partial charge < -0.3 is 15.2 Å². The second kappa shape index (κ2) is 8.20. The van der Waals surface area contributed by atoms with Gasteiger partial charge in [0.2, 0.25) is 0 Å². The average molecular weight is 433 g/mol. The molecule has 0 saturated carbocycles. The second-order valence-corrected chi connectivity index (χ2v) is 7.12. The quantitative estimate of drug-likeness (QED) is 0.701. The number of amidine groups is 1. The Morgan fingerprint density at radius 2 is 1.96 bits per heavy atom. The average Bonchev–Trinajstić information content (AvgIpc) is 2.95. The van der Waals surface area contributed by atoms with E-state index in [1.165, 1.54) is 11.8 Å². The first-order valence-corrected chi connectivity index (χ1v) is 9.11. The van der Waals surface area contributed by atoms with Gasteiger partial charge in [0.15, 0.2) is 11.8 Å². The van der Waals surface area contributed by atoms with E-state index in [0.29, 0.717) is 21.4 Å². The number of carboxylic acids is 1. The standard InChI is InChI=1S/C18H13BrN2O4S/c19-12-5-7-13(8-6-12)20-18-21-17(24)15(26-18)9-11-3-1-2-4-14(11)25-10-16(22)23/h1-9H,10H2,(H,22,23)(H,20,21,24)/b15-9-. The lowest BCUT2D eigenvalue weighted by Gasteiger charge is -2.06. The van der Waals surface area contributed by atoms with Crippen molar-refractivity contribution in [1.29, 1.82) is 0 Å². The summed E-state index contributed by atoms with van der Waals surface area (Å²) < 4.78 is 6.21.